The summed E-state index contributed by atoms with van der Waals surface area (Å²) < 4.78 is 15.3. The first kappa shape index (κ1) is 25.7. The largest absolute Gasteiger partial charge is 0.493 e. The number of nitrogens with zero attached hydrogens (tertiary/aromatic N) is 4. The van der Waals surface area contributed by atoms with Crippen LogP contribution in [0.1, 0.15) is 10.4 Å². The molecule has 0 bridgehead atoms. The molecule has 0 aliphatic heterocycles. The quantitative estimate of drug-likeness (QED) is 0.226. The third-order valence-corrected chi connectivity index (χ3v) is 6.80. The molecular weight excluding hydrogens is 546 g/mol. The van der Waals surface area contributed by atoms with Gasteiger partial charge >= 0.3 is 5.76 Å². The van der Waals surface area contributed by atoms with Crippen LogP contribution < -0.4 is 25.9 Å². The monoisotopic (exact) mass is 567 g/mol. The lowest BCUT2D eigenvalue weighted by Crippen LogP contribution is -2.12. The van der Waals surface area contributed by atoms with Gasteiger partial charge in [-0.3, -0.25) is 14.3 Å². The molecule has 0 fully saturated rings. The fourth-order valence-corrected chi connectivity index (χ4v) is 4.76. The molecule has 6 rings (SSSR count). The third kappa shape index (κ3) is 5.33. The van der Waals surface area contributed by atoms with Gasteiger partial charge < -0.3 is 20.1 Å². The van der Waals surface area contributed by atoms with Crippen molar-refractivity contribution < 1.29 is 18.8 Å². The molecule has 3 heterocycles. The zero-order valence-corrected chi connectivity index (χ0v) is 22.5. The van der Waals surface area contributed by atoms with Gasteiger partial charge in [0.2, 0.25) is 0 Å². The standard InChI is InChI=1S/C28H21N7O5S/c1-38-20-11-10-19(13-21(20)39-2)30-25-22-27(41-14-29-22)33-23(32-25)16-4-3-5-17(12-16)26(36)31-18-8-6-15(7-9-18)24-34-28(37)40-35-24/h3-14H,1-2H3,(H,31,36)(H,30,32,33)(H,34,35,37). The Morgan fingerprint density at radius 1 is 0.927 bits per heavy atom. The fraction of sp³-hybridized carbons (Fsp3) is 0.0714. The van der Waals surface area contributed by atoms with E-state index in [1.54, 1.807) is 74.3 Å². The normalized spacial score (nSPS) is 10.9. The number of aromatic nitrogens is 5. The number of benzene rings is 3. The second-order valence-electron chi connectivity index (χ2n) is 8.65. The van der Waals surface area contributed by atoms with E-state index in [1.165, 1.54) is 11.3 Å². The molecule has 204 valence electrons. The first-order valence-corrected chi connectivity index (χ1v) is 13.1. The van der Waals surface area contributed by atoms with Crippen molar-refractivity contribution in [2.75, 3.05) is 24.9 Å². The van der Waals surface area contributed by atoms with E-state index >= 15 is 0 Å². The predicted octanol–water partition coefficient (Wildman–Crippen LogP) is 5.11. The van der Waals surface area contributed by atoms with Gasteiger partial charge in [0.15, 0.2) is 29.0 Å². The highest BCUT2D eigenvalue weighted by atomic mass is 32.1. The smallest absolute Gasteiger partial charge is 0.439 e. The van der Waals surface area contributed by atoms with Crippen LogP contribution in [-0.2, 0) is 0 Å². The summed E-state index contributed by atoms with van der Waals surface area (Å²) in [7, 11) is 3.15. The summed E-state index contributed by atoms with van der Waals surface area (Å²) in [6.07, 6.45) is 0. The number of anilines is 3. The zero-order chi connectivity index (χ0) is 28.3. The van der Waals surface area contributed by atoms with Gasteiger partial charge in [-0.1, -0.05) is 17.3 Å². The SMILES string of the molecule is COc1ccc(Nc2nc(-c3cccc(C(=O)Nc4ccc(-c5noc(=O)[nH]5)cc4)c3)nc3scnc23)cc1OC. The van der Waals surface area contributed by atoms with Crippen LogP contribution in [0.2, 0.25) is 0 Å². The molecule has 0 radical (unpaired) electrons. The van der Waals surface area contributed by atoms with Gasteiger partial charge in [-0.2, -0.15) is 0 Å². The Balaban J connectivity index is 1.26. The number of fused-ring (bicyclic) bond motifs is 1. The summed E-state index contributed by atoms with van der Waals surface area (Å²) in [5.41, 5.74) is 5.36. The van der Waals surface area contributed by atoms with Gasteiger partial charge in [0.1, 0.15) is 10.3 Å². The van der Waals surface area contributed by atoms with Gasteiger partial charge in [0, 0.05) is 34.1 Å². The highest BCUT2D eigenvalue weighted by Crippen LogP contribution is 2.33. The Morgan fingerprint density at radius 3 is 2.49 bits per heavy atom. The van der Waals surface area contributed by atoms with E-state index in [1.807, 2.05) is 12.1 Å². The molecule has 3 N–H and O–H groups in total. The molecule has 3 aromatic carbocycles. The number of methoxy groups -OCH3 is 2. The number of carbonyl (C=O) groups excluding carboxylic acids is 1. The van der Waals surface area contributed by atoms with Gasteiger partial charge in [0.25, 0.3) is 5.91 Å². The van der Waals surface area contributed by atoms with E-state index in [-0.39, 0.29) is 5.91 Å². The Hall–Kier alpha value is -5.56. The van der Waals surface area contributed by atoms with Gasteiger partial charge in [0.05, 0.1) is 19.7 Å². The maximum absolute atomic E-state index is 13.1. The summed E-state index contributed by atoms with van der Waals surface area (Å²) in [6.45, 7) is 0. The van der Waals surface area contributed by atoms with Crippen molar-refractivity contribution in [3.8, 4) is 34.3 Å². The van der Waals surface area contributed by atoms with Crippen molar-refractivity contribution in [1.82, 2.24) is 25.1 Å². The zero-order valence-electron chi connectivity index (χ0n) is 21.7. The molecule has 0 unspecified atom stereocenters. The van der Waals surface area contributed by atoms with E-state index < -0.39 is 5.76 Å². The predicted molar refractivity (Wildman–Crippen MR) is 154 cm³/mol. The lowest BCUT2D eigenvalue weighted by molar-refractivity contribution is 0.102. The van der Waals surface area contributed by atoms with E-state index in [4.69, 9.17) is 14.5 Å². The molecule has 13 heteroatoms. The summed E-state index contributed by atoms with van der Waals surface area (Å²) in [6, 6.07) is 19.3. The number of amides is 1. The molecule has 0 atom stereocenters. The minimum Gasteiger partial charge on any atom is -0.493 e. The maximum Gasteiger partial charge on any atom is 0.439 e. The molecule has 41 heavy (non-hydrogen) atoms. The Bertz CT molecular complexity index is 1930. The number of ether oxygens (including phenoxy) is 2. The van der Waals surface area contributed by atoms with Crippen LogP contribution in [0.5, 0.6) is 11.5 Å². The second kappa shape index (κ2) is 10.9. The van der Waals surface area contributed by atoms with Crippen LogP contribution in [0.4, 0.5) is 17.2 Å². The molecule has 6 aromatic rings. The first-order chi connectivity index (χ1) is 20.0. The molecule has 0 spiro atoms. The Morgan fingerprint density at radius 2 is 1.73 bits per heavy atom. The summed E-state index contributed by atoms with van der Waals surface area (Å²) in [4.78, 5) is 41.3. The number of aromatic amines is 1. The van der Waals surface area contributed by atoms with Crippen molar-refractivity contribution in [2.45, 2.75) is 0 Å². The molecule has 0 aliphatic carbocycles. The van der Waals surface area contributed by atoms with E-state index in [2.05, 4.69) is 35.3 Å². The van der Waals surface area contributed by atoms with Crippen LogP contribution in [0.15, 0.2) is 81.6 Å². The van der Waals surface area contributed by atoms with Crippen LogP contribution in [0.3, 0.4) is 0 Å². The lowest BCUT2D eigenvalue weighted by Gasteiger charge is -2.12. The highest BCUT2D eigenvalue weighted by molar-refractivity contribution is 7.16. The fourth-order valence-electron chi connectivity index (χ4n) is 4.10. The van der Waals surface area contributed by atoms with Crippen molar-refractivity contribution >= 4 is 44.8 Å². The van der Waals surface area contributed by atoms with Crippen molar-refractivity contribution in [2.24, 2.45) is 0 Å². The lowest BCUT2D eigenvalue weighted by atomic mass is 10.1. The van der Waals surface area contributed by atoms with Crippen molar-refractivity contribution in [3.05, 3.63) is 88.4 Å². The molecule has 3 aromatic heterocycles. The highest BCUT2D eigenvalue weighted by Gasteiger charge is 2.15. The number of rotatable bonds is 8. The molecule has 0 aliphatic rings. The maximum atomic E-state index is 13.1. The van der Waals surface area contributed by atoms with Crippen LogP contribution in [-0.4, -0.2) is 45.2 Å². The molecule has 0 saturated heterocycles. The number of H-pyrrole nitrogens is 1. The molecule has 1 amide bonds. The number of thiazole rings is 1. The number of hydrogen-bond acceptors (Lipinski definition) is 11. The van der Waals surface area contributed by atoms with Crippen LogP contribution in [0.25, 0.3) is 33.1 Å². The molecule has 12 nitrogen and oxygen atoms in total. The average Bonchev–Trinajstić information content (AvgIpc) is 3.67. The van der Waals surface area contributed by atoms with E-state index in [0.29, 0.717) is 61.7 Å². The molecular formula is C28H21N7O5S. The topological polar surface area (TPSA) is 157 Å². The van der Waals surface area contributed by atoms with Crippen molar-refractivity contribution in [3.63, 3.8) is 0 Å². The van der Waals surface area contributed by atoms with Gasteiger partial charge in [-0.05, 0) is 48.5 Å². The summed E-state index contributed by atoms with van der Waals surface area (Å²) in [5, 5.41) is 9.84. The molecule has 0 saturated carbocycles. The van der Waals surface area contributed by atoms with Gasteiger partial charge in [-0.15, -0.1) is 11.3 Å². The Kier molecular flexibility index (Phi) is 6.83. The average molecular weight is 568 g/mol. The number of nitrogens with one attached hydrogen (secondary N) is 3. The summed E-state index contributed by atoms with van der Waals surface area (Å²) >= 11 is 1.39. The first-order valence-electron chi connectivity index (χ1n) is 12.2. The van der Waals surface area contributed by atoms with Crippen LogP contribution >= 0.6 is 11.3 Å². The third-order valence-electron chi connectivity index (χ3n) is 6.08. The van der Waals surface area contributed by atoms with Crippen molar-refractivity contribution in [1.29, 1.82) is 0 Å². The van der Waals surface area contributed by atoms with Gasteiger partial charge in [-0.25, -0.2) is 19.7 Å². The number of carbonyl (C=O) groups is 1. The minimum atomic E-state index is -0.639. The van der Waals surface area contributed by atoms with E-state index in [0.717, 1.165) is 5.69 Å². The van der Waals surface area contributed by atoms with Crippen LogP contribution in [0, 0.1) is 0 Å². The second-order valence-corrected chi connectivity index (χ2v) is 9.49. The van der Waals surface area contributed by atoms with E-state index in [9.17, 15) is 9.59 Å². The summed E-state index contributed by atoms with van der Waals surface area (Å²) in [5.74, 6) is 1.49. The number of hydrogen-bond donors (Lipinski definition) is 3. The Labute approximate surface area is 236 Å². The minimum absolute atomic E-state index is 0.304.